The number of fused-ring (bicyclic) bond motifs is 1. The number of hydrogen-bond acceptors (Lipinski definition) is 3. The predicted molar refractivity (Wildman–Crippen MR) is 107 cm³/mol. The average molecular weight is 366 g/mol. The van der Waals surface area contributed by atoms with Crippen molar-refractivity contribution in [2.75, 3.05) is 27.4 Å². The molecule has 0 aliphatic rings. The predicted octanol–water partition coefficient (Wildman–Crippen LogP) is 3.47. The van der Waals surface area contributed by atoms with Gasteiger partial charge in [-0.05, 0) is 17.7 Å². The maximum atomic E-state index is 12.6. The summed E-state index contributed by atoms with van der Waals surface area (Å²) in [4.78, 5) is 12.6. The van der Waals surface area contributed by atoms with Gasteiger partial charge in [0.05, 0.1) is 13.7 Å². The number of aryl methyl sites for hydroxylation is 1. The third-order valence-electron chi connectivity index (χ3n) is 4.84. The molecule has 0 aliphatic carbocycles. The van der Waals surface area contributed by atoms with E-state index in [1.54, 1.807) is 14.2 Å². The summed E-state index contributed by atoms with van der Waals surface area (Å²) >= 11 is 0. The van der Waals surface area contributed by atoms with Crippen molar-refractivity contribution in [3.63, 3.8) is 0 Å². The summed E-state index contributed by atoms with van der Waals surface area (Å²) in [5.41, 5.74) is 3.28. The van der Waals surface area contributed by atoms with E-state index in [4.69, 9.17) is 9.47 Å². The Morgan fingerprint density at radius 3 is 2.59 bits per heavy atom. The van der Waals surface area contributed by atoms with Crippen LogP contribution in [0.2, 0.25) is 0 Å². The number of nitrogens with zero attached hydrogens (tertiary/aromatic N) is 1. The van der Waals surface area contributed by atoms with Crippen LogP contribution in [0.1, 0.15) is 23.5 Å². The van der Waals surface area contributed by atoms with Gasteiger partial charge in [0, 0.05) is 55.7 Å². The van der Waals surface area contributed by atoms with Crippen LogP contribution in [0, 0.1) is 0 Å². The van der Waals surface area contributed by atoms with Gasteiger partial charge in [-0.1, -0.05) is 36.4 Å². The lowest BCUT2D eigenvalue weighted by atomic mass is 9.87. The quantitative estimate of drug-likeness (QED) is 0.621. The Balaban J connectivity index is 2.03. The third kappa shape index (κ3) is 4.14. The lowest BCUT2D eigenvalue weighted by Gasteiger charge is -2.19. The van der Waals surface area contributed by atoms with Gasteiger partial charge in [0.2, 0.25) is 5.91 Å². The van der Waals surface area contributed by atoms with E-state index in [1.165, 1.54) is 0 Å². The highest BCUT2D eigenvalue weighted by molar-refractivity contribution is 5.86. The number of carbonyl (C=O) groups is 1. The molecule has 0 saturated heterocycles. The van der Waals surface area contributed by atoms with Crippen LogP contribution in [0.3, 0.4) is 0 Å². The molecular weight excluding hydrogens is 340 g/mol. The molecule has 3 aromatic rings. The van der Waals surface area contributed by atoms with Crippen LogP contribution in [0.5, 0.6) is 5.75 Å². The van der Waals surface area contributed by atoms with E-state index in [0.29, 0.717) is 19.6 Å². The maximum Gasteiger partial charge on any atom is 0.221 e. The summed E-state index contributed by atoms with van der Waals surface area (Å²) in [6, 6.07) is 16.2. The second kappa shape index (κ2) is 8.73. The molecule has 1 heterocycles. The zero-order valence-corrected chi connectivity index (χ0v) is 16.1. The minimum atomic E-state index is -0.102. The first-order valence-electron chi connectivity index (χ1n) is 9.08. The largest absolute Gasteiger partial charge is 0.496 e. The number of carbonyl (C=O) groups excluding carboxylic acids is 1. The fourth-order valence-electron chi connectivity index (χ4n) is 3.54. The Morgan fingerprint density at radius 2 is 1.81 bits per heavy atom. The van der Waals surface area contributed by atoms with Crippen molar-refractivity contribution in [3.05, 3.63) is 65.9 Å². The molecule has 0 fully saturated rings. The van der Waals surface area contributed by atoms with Crippen molar-refractivity contribution in [3.8, 4) is 5.75 Å². The van der Waals surface area contributed by atoms with Gasteiger partial charge in [0.1, 0.15) is 5.75 Å². The Kier molecular flexibility index (Phi) is 6.14. The van der Waals surface area contributed by atoms with Crippen molar-refractivity contribution < 1.29 is 14.3 Å². The van der Waals surface area contributed by atoms with Crippen molar-refractivity contribution in [2.24, 2.45) is 7.05 Å². The Morgan fingerprint density at radius 1 is 1.07 bits per heavy atom. The SMILES string of the molecule is COCCNC(=O)C[C@@H](c1ccccc1OC)c1cn(C)c2ccccc12. The summed E-state index contributed by atoms with van der Waals surface area (Å²) in [6.07, 6.45) is 2.46. The first-order valence-corrected chi connectivity index (χ1v) is 9.08. The minimum Gasteiger partial charge on any atom is -0.496 e. The van der Waals surface area contributed by atoms with Gasteiger partial charge in [0.15, 0.2) is 0 Å². The van der Waals surface area contributed by atoms with E-state index in [0.717, 1.165) is 27.8 Å². The molecule has 0 saturated carbocycles. The maximum absolute atomic E-state index is 12.6. The van der Waals surface area contributed by atoms with E-state index >= 15 is 0 Å². The molecule has 0 bridgehead atoms. The van der Waals surface area contributed by atoms with Crippen molar-refractivity contribution in [2.45, 2.75) is 12.3 Å². The zero-order valence-electron chi connectivity index (χ0n) is 16.1. The molecule has 1 atom stereocenters. The van der Waals surface area contributed by atoms with Crippen LogP contribution in [0.4, 0.5) is 0 Å². The summed E-state index contributed by atoms with van der Waals surface area (Å²) in [6.45, 7) is 1.00. The number of aromatic nitrogens is 1. The molecule has 2 aromatic carbocycles. The van der Waals surface area contributed by atoms with Crippen LogP contribution in [-0.2, 0) is 16.6 Å². The number of methoxy groups -OCH3 is 2. The van der Waals surface area contributed by atoms with Gasteiger partial charge in [-0.3, -0.25) is 4.79 Å². The fourth-order valence-corrected chi connectivity index (χ4v) is 3.54. The second-order valence-electron chi connectivity index (χ2n) is 6.55. The average Bonchev–Trinajstić information content (AvgIpc) is 3.03. The Labute approximate surface area is 159 Å². The fraction of sp³-hybridized carbons (Fsp3) is 0.318. The molecule has 5 nitrogen and oxygen atoms in total. The number of amides is 1. The molecule has 0 spiro atoms. The Bertz CT molecular complexity index is 917. The molecule has 3 rings (SSSR count). The normalized spacial score (nSPS) is 12.1. The van der Waals surface area contributed by atoms with Gasteiger partial charge < -0.3 is 19.4 Å². The molecule has 0 aliphatic heterocycles. The highest BCUT2D eigenvalue weighted by Crippen LogP contribution is 2.38. The summed E-state index contributed by atoms with van der Waals surface area (Å²) in [5.74, 6) is 0.686. The molecular formula is C22H26N2O3. The summed E-state index contributed by atoms with van der Waals surface area (Å²) in [7, 11) is 5.32. The van der Waals surface area contributed by atoms with E-state index in [2.05, 4.69) is 28.2 Å². The van der Waals surface area contributed by atoms with Crippen molar-refractivity contribution in [1.29, 1.82) is 0 Å². The molecule has 1 aromatic heterocycles. The zero-order chi connectivity index (χ0) is 19.2. The standard InChI is InChI=1S/C22H26N2O3/c1-24-15-19(16-8-4-6-10-20(16)24)18(14-22(25)23-12-13-26-2)17-9-5-7-11-21(17)27-3/h4-11,15,18H,12-14H2,1-3H3,(H,23,25)/t18-/m0/s1. The number of ether oxygens (including phenoxy) is 2. The first-order chi connectivity index (χ1) is 13.2. The van der Waals surface area contributed by atoms with Crippen LogP contribution in [0.25, 0.3) is 10.9 Å². The molecule has 0 radical (unpaired) electrons. The van der Waals surface area contributed by atoms with Crippen molar-refractivity contribution in [1.82, 2.24) is 9.88 Å². The van der Waals surface area contributed by atoms with E-state index in [-0.39, 0.29) is 11.8 Å². The smallest absolute Gasteiger partial charge is 0.221 e. The molecule has 1 amide bonds. The Hall–Kier alpha value is -2.79. The van der Waals surface area contributed by atoms with Gasteiger partial charge in [-0.2, -0.15) is 0 Å². The van der Waals surface area contributed by atoms with Crippen LogP contribution < -0.4 is 10.1 Å². The van der Waals surface area contributed by atoms with Crippen LogP contribution >= 0.6 is 0 Å². The summed E-state index contributed by atoms with van der Waals surface area (Å²) < 4.78 is 12.7. The van der Waals surface area contributed by atoms with Crippen molar-refractivity contribution >= 4 is 16.8 Å². The number of hydrogen-bond donors (Lipinski definition) is 1. The van der Waals surface area contributed by atoms with Gasteiger partial charge in [0.25, 0.3) is 0 Å². The van der Waals surface area contributed by atoms with E-state index < -0.39 is 0 Å². The monoisotopic (exact) mass is 366 g/mol. The third-order valence-corrected chi connectivity index (χ3v) is 4.84. The van der Waals surface area contributed by atoms with Gasteiger partial charge in [-0.15, -0.1) is 0 Å². The number of rotatable bonds is 8. The topological polar surface area (TPSA) is 52.5 Å². The highest BCUT2D eigenvalue weighted by atomic mass is 16.5. The summed E-state index contributed by atoms with van der Waals surface area (Å²) in [5, 5.41) is 4.09. The molecule has 5 heteroatoms. The molecule has 1 N–H and O–H groups in total. The van der Waals surface area contributed by atoms with E-state index in [9.17, 15) is 4.79 Å². The molecule has 27 heavy (non-hydrogen) atoms. The second-order valence-corrected chi connectivity index (χ2v) is 6.55. The lowest BCUT2D eigenvalue weighted by Crippen LogP contribution is -2.28. The first kappa shape index (κ1) is 19.0. The van der Waals surface area contributed by atoms with E-state index in [1.807, 2.05) is 43.4 Å². The van der Waals surface area contributed by atoms with Crippen LogP contribution in [-0.4, -0.2) is 37.8 Å². The lowest BCUT2D eigenvalue weighted by molar-refractivity contribution is -0.121. The number of para-hydroxylation sites is 2. The minimum absolute atomic E-state index is 0.00381. The highest BCUT2D eigenvalue weighted by Gasteiger charge is 2.24. The van der Waals surface area contributed by atoms with Gasteiger partial charge in [-0.25, -0.2) is 0 Å². The molecule has 142 valence electrons. The number of benzene rings is 2. The van der Waals surface area contributed by atoms with Gasteiger partial charge >= 0.3 is 0 Å². The van der Waals surface area contributed by atoms with Crippen LogP contribution in [0.15, 0.2) is 54.7 Å². The number of nitrogens with one attached hydrogen (secondary N) is 1. The molecule has 0 unspecified atom stereocenters.